The van der Waals surface area contributed by atoms with Crippen LogP contribution < -0.4 is 0 Å². The van der Waals surface area contributed by atoms with Crippen molar-refractivity contribution in [3.8, 4) is 0 Å². The summed E-state index contributed by atoms with van der Waals surface area (Å²) in [5.74, 6) is -2.86. The first kappa shape index (κ1) is 18.3. The Morgan fingerprint density at radius 3 is 2.17 bits per heavy atom. The first-order valence-electron chi connectivity index (χ1n) is 9.49. The zero-order valence-electron chi connectivity index (χ0n) is 15.4. The number of rotatable bonds is 2. The molecule has 5 rings (SSSR count). The van der Waals surface area contributed by atoms with Crippen LogP contribution in [0.4, 0.5) is 0 Å². The molecule has 6 nitrogen and oxygen atoms in total. The van der Waals surface area contributed by atoms with Gasteiger partial charge in [0, 0.05) is 6.42 Å². The molecule has 0 amide bonds. The van der Waals surface area contributed by atoms with Gasteiger partial charge < -0.3 is 25.5 Å². The van der Waals surface area contributed by atoms with Crippen molar-refractivity contribution in [2.24, 2.45) is 0 Å². The van der Waals surface area contributed by atoms with Gasteiger partial charge in [-0.25, -0.2) is 4.79 Å². The number of carboxylic acids is 1. The molecule has 3 unspecified atom stereocenters. The Kier molecular flexibility index (Phi) is 3.85. The monoisotopic (exact) mass is 392 g/mol. The summed E-state index contributed by atoms with van der Waals surface area (Å²) in [7, 11) is 0. The van der Waals surface area contributed by atoms with Crippen LogP contribution in [0.25, 0.3) is 32.3 Å². The summed E-state index contributed by atoms with van der Waals surface area (Å²) < 4.78 is 0. The van der Waals surface area contributed by atoms with Crippen molar-refractivity contribution in [1.29, 1.82) is 0 Å². The highest BCUT2D eigenvalue weighted by Gasteiger charge is 2.57. The smallest absolute Gasteiger partial charge is 0.336 e. The van der Waals surface area contributed by atoms with Crippen LogP contribution in [0, 0.1) is 0 Å². The number of aliphatic hydroxyl groups is 4. The van der Waals surface area contributed by atoms with Crippen LogP contribution >= 0.6 is 0 Å². The van der Waals surface area contributed by atoms with Gasteiger partial charge in [0.15, 0.2) is 5.60 Å². The predicted octanol–water partition coefficient (Wildman–Crippen LogP) is 1.97. The van der Waals surface area contributed by atoms with Crippen molar-refractivity contribution in [2.75, 3.05) is 0 Å². The number of benzene rings is 4. The summed E-state index contributed by atoms with van der Waals surface area (Å²) in [5, 5.41) is 57.4. The molecule has 1 saturated carbocycles. The molecule has 4 aromatic rings. The first-order valence-corrected chi connectivity index (χ1v) is 9.49. The lowest BCUT2D eigenvalue weighted by atomic mass is 9.67. The molecule has 1 aliphatic rings. The Morgan fingerprint density at radius 1 is 0.862 bits per heavy atom. The first-order chi connectivity index (χ1) is 13.8. The number of aliphatic carboxylic acids is 1. The largest absolute Gasteiger partial charge is 0.479 e. The lowest BCUT2D eigenvalue weighted by Gasteiger charge is -2.45. The fourth-order valence-electron chi connectivity index (χ4n) is 4.98. The van der Waals surface area contributed by atoms with Gasteiger partial charge >= 0.3 is 5.97 Å². The van der Waals surface area contributed by atoms with Gasteiger partial charge in [-0.15, -0.1) is 0 Å². The lowest BCUT2D eigenvalue weighted by molar-refractivity contribution is -0.195. The maximum Gasteiger partial charge on any atom is 0.336 e. The highest BCUT2D eigenvalue weighted by Crippen LogP contribution is 2.47. The predicted molar refractivity (Wildman–Crippen MR) is 108 cm³/mol. The third-order valence-electron chi connectivity index (χ3n) is 6.37. The number of hydrogen-bond acceptors (Lipinski definition) is 5. The van der Waals surface area contributed by atoms with Crippen LogP contribution in [-0.2, 0) is 4.79 Å². The number of carboxylic acid groups (broad SMARTS) is 1. The van der Waals surface area contributed by atoms with Gasteiger partial charge in [0.1, 0.15) is 6.10 Å². The molecule has 5 atom stereocenters. The summed E-state index contributed by atoms with van der Waals surface area (Å²) in [6.45, 7) is 0. The van der Waals surface area contributed by atoms with Crippen LogP contribution in [0.2, 0.25) is 0 Å². The minimum Gasteiger partial charge on any atom is -0.479 e. The van der Waals surface area contributed by atoms with E-state index in [0.717, 1.165) is 26.9 Å². The highest BCUT2D eigenvalue weighted by atomic mass is 16.4. The van der Waals surface area contributed by atoms with Crippen LogP contribution in [0.15, 0.2) is 54.6 Å². The van der Waals surface area contributed by atoms with E-state index < -0.39 is 42.2 Å². The topological polar surface area (TPSA) is 118 Å². The highest BCUT2D eigenvalue weighted by molar-refractivity contribution is 6.23. The Morgan fingerprint density at radius 2 is 1.48 bits per heavy atom. The number of hydrogen-bond donors (Lipinski definition) is 5. The normalized spacial score (nSPS) is 30.3. The SMILES string of the molecule is O=C(O)C1(O)C[C@@H](O)C(O)[C@H](O)C1c1cc2cccc3ccc4cccc1c4c32. The van der Waals surface area contributed by atoms with Gasteiger partial charge in [0.2, 0.25) is 0 Å². The molecule has 4 aromatic carbocycles. The zero-order chi connectivity index (χ0) is 20.5. The van der Waals surface area contributed by atoms with Gasteiger partial charge in [-0.2, -0.15) is 0 Å². The molecule has 29 heavy (non-hydrogen) atoms. The molecule has 1 aliphatic carbocycles. The van der Waals surface area contributed by atoms with E-state index in [0.29, 0.717) is 10.9 Å². The molecule has 0 aliphatic heterocycles. The molecular formula is C23H20O6. The molecule has 5 N–H and O–H groups in total. The van der Waals surface area contributed by atoms with E-state index in [-0.39, 0.29) is 0 Å². The molecule has 0 radical (unpaired) electrons. The fourth-order valence-corrected chi connectivity index (χ4v) is 4.98. The summed E-state index contributed by atoms with van der Waals surface area (Å²) in [4.78, 5) is 12.0. The summed E-state index contributed by atoms with van der Waals surface area (Å²) in [5.41, 5.74) is -1.99. The van der Waals surface area contributed by atoms with Gasteiger partial charge in [-0.05, 0) is 43.9 Å². The summed E-state index contributed by atoms with van der Waals surface area (Å²) in [6, 6.07) is 17.2. The number of carbonyl (C=O) groups is 1. The second kappa shape index (κ2) is 6.11. The van der Waals surface area contributed by atoms with E-state index in [4.69, 9.17) is 0 Å². The van der Waals surface area contributed by atoms with Gasteiger partial charge in [0.25, 0.3) is 0 Å². The number of aliphatic hydroxyl groups excluding tert-OH is 3. The Bertz CT molecular complexity index is 1250. The average Bonchev–Trinajstić information content (AvgIpc) is 2.70. The second-order valence-corrected chi connectivity index (χ2v) is 7.97. The molecule has 148 valence electrons. The molecule has 6 heteroatoms. The van der Waals surface area contributed by atoms with E-state index in [1.165, 1.54) is 0 Å². The van der Waals surface area contributed by atoms with Crippen molar-refractivity contribution in [3.63, 3.8) is 0 Å². The average molecular weight is 392 g/mol. The Balaban J connectivity index is 1.89. The standard InChI is InChI=1S/C23H20O6/c24-16-10-23(29,22(27)28)19(21(26)20(16)25)15-9-13-5-1-3-11-7-8-12-4-2-6-14(15)18(12)17(11)13/h1-9,16,19-21,24-26,29H,10H2,(H,27,28)/t16-,19?,20?,21-,23?/m1/s1. The quantitative estimate of drug-likeness (QED) is 0.333. The van der Waals surface area contributed by atoms with Crippen LogP contribution in [0.3, 0.4) is 0 Å². The van der Waals surface area contributed by atoms with Crippen LogP contribution in [-0.4, -0.2) is 55.4 Å². The molecule has 0 bridgehead atoms. The zero-order valence-corrected chi connectivity index (χ0v) is 15.4. The maximum atomic E-state index is 12.0. The van der Waals surface area contributed by atoms with E-state index in [1.807, 2.05) is 48.5 Å². The summed E-state index contributed by atoms with van der Waals surface area (Å²) >= 11 is 0. The van der Waals surface area contributed by atoms with Crippen molar-refractivity contribution in [2.45, 2.75) is 36.3 Å². The molecule has 0 saturated heterocycles. The van der Waals surface area contributed by atoms with Crippen molar-refractivity contribution in [1.82, 2.24) is 0 Å². The molecular weight excluding hydrogens is 372 g/mol. The van der Waals surface area contributed by atoms with Gasteiger partial charge in [0.05, 0.1) is 18.1 Å². The van der Waals surface area contributed by atoms with Crippen LogP contribution in [0.1, 0.15) is 17.9 Å². The Hall–Kier alpha value is -2.77. The molecule has 1 fully saturated rings. The fraction of sp³-hybridized carbons (Fsp3) is 0.261. The molecule has 0 spiro atoms. The minimum atomic E-state index is -2.42. The maximum absolute atomic E-state index is 12.0. The van der Waals surface area contributed by atoms with E-state index >= 15 is 0 Å². The Labute approximate surface area is 165 Å². The van der Waals surface area contributed by atoms with Gasteiger partial charge in [-0.3, -0.25) is 0 Å². The molecule has 0 aromatic heterocycles. The third kappa shape index (κ3) is 2.41. The van der Waals surface area contributed by atoms with E-state index in [2.05, 4.69) is 0 Å². The lowest BCUT2D eigenvalue weighted by Crippen LogP contribution is -2.61. The van der Waals surface area contributed by atoms with Crippen molar-refractivity contribution >= 4 is 38.3 Å². The van der Waals surface area contributed by atoms with Crippen molar-refractivity contribution < 1.29 is 30.3 Å². The summed E-state index contributed by atoms with van der Waals surface area (Å²) in [6.07, 6.45) is -5.33. The van der Waals surface area contributed by atoms with E-state index in [1.54, 1.807) is 6.07 Å². The molecule has 0 heterocycles. The third-order valence-corrected chi connectivity index (χ3v) is 6.37. The van der Waals surface area contributed by atoms with Gasteiger partial charge in [-0.1, -0.05) is 48.5 Å². The van der Waals surface area contributed by atoms with Crippen molar-refractivity contribution in [3.05, 3.63) is 60.2 Å². The second-order valence-electron chi connectivity index (χ2n) is 7.97. The van der Waals surface area contributed by atoms with E-state index in [9.17, 15) is 30.3 Å². The minimum absolute atomic E-state index is 0.435. The van der Waals surface area contributed by atoms with Crippen LogP contribution in [0.5, 0.6) is 0 Å².